The lowest BCUT2D eigenvalue weighted by Crippen LogP contribution is -2.17. The number of pyridine rings is 1. The van der Waals surface area contributed by atoms with Gasteiger partial charge in [0.05, 0.1) is 4.47 Å². The van der Waals surface area contributed by atoms with E-state index in [0.29, 0.717) is 15.6 Å². The summed E-state index contributed by atoms with van der Waals surface area (Å²) < 4.78 is 1.42. The first-order valence-corrected chi connectivity index (χ1v) is 7.38. The van der Waals surface area contributed by atoms with Gasteiger partial charge in [0, 0.05) is 41.3 Å². The molecule has 0 saturated carbocycles. The Kier molecular flexibility index (Phi) is 7.04. The van der Waals surface area contributed by atoms with Gasteiger partial charge in [-0.1, -0.05) is 15.9 Å². The minimum atomic E-state index is -0.0811. The third kappa shape index (κ3) is 5.28. The minimum absolute atomic E-state index is 0.0811. The molecule has 7 heteroatoms. The standard InChI is InChI=1S/C7H5Br2NO.C7H8N2O/c8-5-1-4(3-10)7(11)6(9)2-5;1-8-7(10)6-2-4-9-5-3-6/h1-3,10-11H;2-5H,1H3,(H,8,10). The van der Waals surface area contributed by atoms with Crippen LogP contribution in [0.3, 0.4) is 0 Å². The molecular formula is C14H13Br2N3O2. The van der Waals surface area contributed by atoms with Crippen LogP contribution in [0.1, 0.15) is 15.9 Å². The van der Waals surface area contributed by atoms with Gasteiger partial charge in [0.15, 0.2) is 0 Å². The molecule has 1 amide bonds. The van der Waals surface area contributed by atoms with E-state index >= 15 is 0 Å². The summed E-state index contributed by atoms with van der Waals surface area (Å²) in [6.45, 7) is 0. The molecule has 1 heterocycles. The summed E-state index contributed by atoms with van der Waals surface area (Å²) in [5.74, 6) is 0.0191. The normalized spacial score (nSPS) is 9.29. The average molecular weight is 415 g/mol. The summed E-state index contributed by atoms with van der Waals surface area (Å²) >= 11 is 6.40. The van der Waals surface area contributed by atoms with Gasteiger partial charge in [-0.3, -0.25) is 9.78 Å². The lowest BCUT2D eigenvalue weighted by molar-refractivity contribution is 0.0963. The van der Waals surface area contributed by atoms with Gasteiger partial charge in [-0.25, -0.2) is 0 Å². The van der Waals surface area contributed by atoms with Crippen LogP contribution in [0.5, 0.6) is 5.75 Å². The monoisotopic (exact) mass is 413 g/mol. The van der Waals surface area contributed by atoms with Gasteiger partial charge in [-0.05, 0) is 40.2 Å². The number of carbonyl (C=O) groups is 1. The van der Waals surface area contributed by atoms with Crippen LogP contribution >= 0.6 is 31.9 Å². The summed E-state index contributed by atoms with van der Waals surface area (Å²) in [5, 5.41) is 18.8. The predicted molar refractivity (Wildman–Crippen MR) is 89.0 cm³/mol. The number of nitrogens with zero attached hydrogens (tertiary/aromatic N) is 1. The van der Waals surface area contributed by atoms with E-state index in [2.05, 4.69) is 42.2 Å². The fraction of sp³-hybridized carbons (Fsp3) is 0.0714. The van der Waals surface area contributed by atoms with Gasteiger partial charge >= 0.3 is 0 Å². The molecule has 3 N–H and O–H groups in total. The molecule has 0 aliphatic heterocycles. The second kappa shape index (κ2) is 8.53. The van der Waals surface area contributed by atoms with Crippen LogP contribution in [0.2, 0.25) is 0 Å². The molecule has 0 atom stereocenters. The van der Waals surface area contributed by atoms with Crippen molar-refractivity contribution in [3.63, 3.8) is 0 Å². The molecule has 0 radical (unpaired) electrons. The quantitative estimate of drug-likeness (QED) is 0.658. The van der Waals surface area contributed by atoms with Crippen molar-refractivity contribution in [2.24, 2.45) is 0 Å². The van der Waals surface area contributed by atoms with Crippen LogP contribution in [0.4, 0.5) is 0 Å². The Labute approximate surface area is 139 Å². The van der Waals surface area contributed by atoms with Crippen LogP contribution in [-0.2, 0) is 0 Å². The van der Waals surface area contributed by atoms with Crippen molar-refractivity contribution in [2.45, 2.75) is 0 Å². The summed E-state index contributed by atoms with van der Waals surface area (Å²) in [4.78, 5) is 14.7. The number of carbonyl (C=O) groups excluding carboxylic acids is 1. The first-order chi connectivity index (χ1) is 9.99. The Balaban J connectivity index is 0.000000211. The van der Waals surface area contributed by atoms with E-state index in [1.54, 1.807) is 43.7 Å². The lowest BCUT2D eigenvalue weighted by atomic mass is 10.2. The van der Waals surface area contributed by atoms with Crippen molar-refractivity contribution in [3.05, 3.63) is 56.7 Å². The van der Waals surface area contributed by atoms with Crippen LogP contribution < -0.4 is 5.32 Å². The Hall–Kier alpha value is -1.73. The zero-order valence-corrected chi connectivity index (χ0v) is 14.3. The predicted octanol–water partition coefficient (Wildman–Crippen LogP) is 3.36. The second-order valence-corrected chi connectivity index (χ2v) is 5.55. The molecule has 0 aliphatic rings. The number of nitrogens with one attached hydrogen (secondary N) is 2. The number of aromatic hydroxyl groups is 1. The van der Waals surface area contributed by atoms with Crippen LogP contribution in [0, 0.1) is 5.41 Å². The molecule has 1 aromatic heterocycles. The Morgan fingerprint density at radius 1 is 1.33 bits per heavy atom. The number of hydrogen-bond acceptors (Lipinski definition) is 4. The SMILES string of the molecule is CNC(=O)c1ccncc1.N=Cc1cc(Br)cc(Br)c1O. The third-order valence-electron chi connectivity index (χ3n) is 2.38. The van der Waals surface area contributed by atoms with Crippen molar-refractivity contribution < 1.29 is 9.90 Å². The van der Waals surface area contributed by atoms with Crippen molar-refractivity contribution in [1.29, 1.82) is 5.41 Å². The lowest BCUT2D eigenvalue weighted by Gasteiger charge is -2.01. The van der Waals surface area contributed by atoms with Gasteiger partial charge in [-0.15, -0.1) is 0 Å². The van der Waals surface area contributed by atoms with E-state index < -0.39 is 0 Å². The van der Waals surface area contributed by atoms with Crippen LogP contribution in [0.25, 0.3) is 0 Å². The molecule has 2 rings (SSSR count). The molecule has 0 bridgehead atoms. The maximum atomic E-state index is 10.9. The van der Waals surface area contributed by atoms with Crippen molar-refractivity contribution in [1.82, 2.24) is 10.3 Å². The Morgan fingerprint density at radius 3 is 2.48 bits per heavy atom. The molecule has 0 saturated heterocycles. The van der Waals surface area contributed by atoms with Gasteiger partial charge < -0.3 is 15.8 Å². The fourth-order valence-electron chi connectivity index (χ4n) is 1.34. The number of halogens is 2. The summed E-state index contributed by atoms with van der Waals surface area (Å²) in [5.41, 5.74) is 1.13. The number of rotatable bonds is 2. The number of benzene rings is 1. The highest BCUT2D eigenvalue weighted by molar-refractivity contribution is 9.11. The van der Waals surface area contributed by atoms with E-state index in [9.17, 15) is 9.90 Å². The molecule has 1 aromatic carbocycles. The van der Waals surface area contributed by atoms with Gasteiger partial charge in [0.25, 0.3) is 5.91 Å². The van der Waals surface area contributed by atoms with E-state index in [1.807, 2.05) is 0 Å². The van der Waals surface area contributed by atoms with Crippen molar-refractivity contribution in [2.75, 3.05) is 7.05 Å². The zero-order chi connectivity index (χ0) is 15.8. The third-order valence-corrected chi connectivity index (χ3v) is 3.45. The van der Waals surface area contributed by atoms with Crippen LogP contribution in [-0.4, -0.2) is 29.3 Å². The Bertz CT molecular complexity index is 634. The molecular weight excluding hydrogens is 402 g/mol. The molecule has 0 spiro atoms. The summed E-state index contributed by atoms with van der Waals surface area (Å²) in [7, 11) is 1.60. The van der Waals surface area contributed by atoms with Crippen LogP contribution in [0.15, 0.2) is 45.6 Å². The van der Waals surface area contributed by atoms with Crippen molar-refractivity contribution in [3.8, 4) is 5.75 Å². The van der Waals surface area contributed by atoms with E-state index in [0.717, 1.165) is 10.7 Å². The number of aromatic nitrogens is 1. The fourth-order valence-corrected chi connectivity index (χ4v) is 2.60. The highest BCUT2D eigenvalue weighted by Crippen LogP contribution is 2.30. The van der Waals surface area contributed by atoms with E-state index in [1.165, 1.54) is 0 Å². The topological polar surface area (TPSA) is 86.1 Å². The number of phenols is 1. The average Bonchev–Trinajstić information content (AvgIpc) is 2.51. The smallest absolute Gasteiger partial charge is 0.251 e. The summed E-state index contributed by atoms with van der Waals surface area (Å²) in [6, 6.07) is 6.73. The molecule has 0 fully saturated rings. The zero-order valence-electron chi connectivity index (χ0n) is 11.1. The molecule has 110 valence electrons. The summed E-state index contributed by atoms with van der Waals surface area (Å²) in [6.07, 6.45) is 4.28. The maximum absolute atomic E-state index is 10.9. The largest absolute Gasteiger partial charge is 0.506 e. The Morgan fingerprint density at radius 2 is 1.95 bits per heavy atom. The first kappa shape index (κ1) is 17.3. The highest BCUT2D eigenvalue weighted by atomic mass is 79.9. The number of amides is 1. The van der Waals surface area contributed by atoms with Gasteiger partial charge in [0.2, 0.25) is 0 Å². The molecule has 0 unspecified atom stereocenters. The highest BCUT2D eigenvalue weighted by Gasteiger charge is 2.03. The molecule has 2 aromatic rings. The number of hydrogen-bond donors (Lipinski definition) is 3. The minimum Gasteiger partial charge on any atom is -0.506 e. The first-order valence-electron chi connectivity index (χ1n) is 5.80. The number of phenolic OH excluding ortho intramolecular Hbond substituents is 1. The maximum Gasteiger partial charge on any atom is 0.251 e. The van der Waals surface area contributed by atoms with Crippen molar-refractivity contribution >= 4 is 44.0 Å². The molecule has 21 heavy (non-hydrogen) atoms. The van der Waals surface area contributed by atoms with E-state index in [-0.39, 0.29) is 11.7 Å². The van der Waals surface area contributed by atoms with Gasteiger partial charge in [-0.2, -0.15) is 0 Å². The molecule has 0 aliphatic carbocycles. The molecule has 5 nitrogen and oxygen atoms in total. The van der Waals surface area contributed by atoms with Gasteiger partial charge in [0.1, 0.15) is 5.75 Å². The van der Waals surface area contributed by atoms with E-state index in [4.69, 9.17) is 5.41 Å². The second-order valence-electron chi connectivity index (χ2n) is 3.78.